The third kappa shape index (κ3) is 1.88. The number of nitrogens with one attached hydrogen (secondary N) is 1. The Morgan fingerprint density at radius 2 is 2.06 bits per heavy atom. The maximum Gasteiger partial charge on any atom is 0.123 e. The van der Waals surface area contributed by atoms with E-state index in [9.17, 15) is 0 Å². The van der Waals surface area contributed by atoms with Gasteiger partial charge >= 0.3 is 0 Å². The Hall–Kier alpha value is -1.19. The molecule has 3 heteroatoms. The van der Waals surface area contributed by atoms with Crippen molar-refractivity contribution in [2.24, 2.45) is 0 Å². The number of hydrogen-bond acceptors (Lipinski definition) is 3. The maximum atomic E-state index is 4.76. The fourth-order valence-electron chi connectivity index (χ4n) is 2.00. The van der Waals surface area contributed by atoms with Crippen LogP contribution in [0.5, 0.6) is 0 Å². The van der Waals surface area contributed by atoms with Gasteiger partial charge in [-0.3, -0.25) is 0 Å². The van der Waals surface area contributed by atoms with Crippen molar-refractivity contribution in [2.75, 3.05) is 6.54 Å². The molecule has 1 aromatic heterocycles. The van der Waals surface area contributed by atoms with E-state index in [0.29, 0.717) is 0 Å². The van der Waals surface area contributed by atoms with Gasteiger partial charge in [-0.25, -0.2) is 4.98 Å². The van der Waals surface area contributed by atoms with E-state index < -0.39 is 0 Å². The Morgan fingerprint density at radius 1 is 1.19 bits per heavy atom. The summed E-state index contributed by atoms with van der Waals surface area (Å²) in [6, 6.07) is 10.4. The molecule has 0 amide bonds. The number of benzene rings is 1. The van der Waals surface area contributed by atoms with Gasteiger partial charge in [0.1, 0.15) is 5.01 Å². The number of hydrogen-bond donors (Lipinski definition) is 1. The minimum Gasteiger partial charge on any atom is -0.312 e. The zero-order chi connectivity index (χ0) is 10.8. The summed E-state index contributed by atoms with van der Waals surface area (Å²) < 4.78 is 0. The van der Waals surface area contributed by atoms with Crippen LogP contribution >= 0.6 is 11.3 Å². The average Bonchev–Trinajstić information content (AvgIpc) is 2.62. The molecule has 0 saturated heterocycles. The largest absolute Gasteiger partial charge is 0.312 e. The highest BCUT2D eigenvalue weighted by Crippen LogP contribution is 2.29. The van der Waals surface area contributed by atoms with Gasteiger partial charge in [-0.1, -0.05) is 30.3 Å². The fraction of sp³-hybridized carbons (Fsp3) is 0.308. The van der Waals surface area contributed by atoms with E-state index in [1.54, 1.807) is 0 Å². The molecule has 0 spiro atoms. The molecule has 16 heavy (non-hydrogen) atoms. The summed E-state index contributed by atoms with van der Waals surface area (Å²) in [5.41, 5.74) is 2.54. The summed E-state index contributed by atoms with van der Waals surface area (Å²) in [4.78, 5) is 6.17. The molecule has 2 heterocycles. The topological polar surface area (TPSA) is 24.9 Å². The van der Waals surface area contributed by atoms with Gasteiger partial charge in [0.05, 0.1) is 5.69 Å². The molecule has 0 fully saturated rings. The molecule has 0 atom stereocenters. The molecule has 0 unspecified atom stereocenters. The lowest BCUT2D eigenvalue weighted by atomic mass is 10.2. The third-order valence-electron chi connectivity index (χ3n) is 2.85. The van der Waals surface area contributed by atoms with Crippen molar-refractivity contribution in [1.29, 1.82) is 0 Å². The number of rotatable bonds is 1. The fourth-order valence-corrected chi connectivity index (χ4v) is 3.09. The molecular formula is C13H14N2S. The number of aryl methyl sites for hydroxylation is 1. The molecule has 0 radical (unpaired) electrons. The molecular weight excluding hydrogens is 216 g/mol. The van der Waals surface area contributed by atoms with Crippen molar-refractivity contribution in [2.45, 2.75) is 19.4 Å². The van der Waals surface area contributed by atoms with E-state index in [2.05, 4.69) is 29.6 Å². The van der Waals surface area contributed by atoms with E-state index in [4.69, 9.17) is 4.98 Å². The quantitative estimate of drug-likeness (QED) is 0.815. The summed E-state index contributed by atoms with van der Waals surface area (Å²) in [5.74, 6) is 0. The second kappa shape index (κ2) is 4.36. The van der Waals surface area contributed by atoms with Crippen LogP contribution in [0, 0.1) is 0 Å². The first-order valence-electron chi connectivity index (χ1n) is 5.68. The molecule has 1 aromatic carbocycles. The highest BCUT2D eigenvalue weighted by molar-refractivity contribution is 7.15. The second-order valence-electron chi connectivity index (χ2n) is 4.04. The van der Waals surface area contributed by atoms with Gasteiger partial charge in [0.2, 0.25) is 0 Å². The standard InChI is InChI=1S/C13H14N2S/c1-2-5-10(6-3-1)13-15-11-7-4-8-14-9-12(11)16-13/h1-3,5-6,14H,4,7-9H2. The molecule has 2 aromatic rings. The smallest absolute Gasteiger partial charge is 0.123 e. The molecule has 1 aliphatic heterocycles. The van der Waals surface area contributed by atoms with Crippen LogP contribution in [0.25, 0.3) is 10.6 Å². The third-order valence-corrected chi connectivity index (χ3v) is 4.00. The van der Waals surface area contributed by atoms with E-state index in [0.717, 1.165) is 24.5 Å². The van der Waals surface area contributed by atoms with Gasteiger partial charge in [-0.15, -0.1) is 11.3 Å². The van der Waals surface area contributed by atoms with Crippen molar-refractivity contribution >= 4 is 11.3 Å². The normalized spacial score (nSPS) is 15.5. The van der Waals surface area contributed by atoms with Crippen LogP contribution in [0.3, 0.4) is 0 Å². The molecule has 1 aliphatic rings. The zero-order valence-electron chi connectivity index (χ0n) is 9.07. The van der Waals surface area contributed by atoms with E-state index in [-0.39, 0.29) is 0 Å². The Kier molecular flexibility index (Phi) is 2.72. The SMILES string of the molecule is c1ccc(-c2nc3c(s2)CNCCC3)cc1. The second-order valence-corrected chi connectivity index (χ2v) is 5.12. The van der Waals surface area contributed by atoms with Crippen LogP contribution in [-0.2, 0) is 13.0 Å². The predicted octanol–water partition coefficient (Wildman–Crippen LogP) is 2.85. The van der Waals surface area contributed by atoms with E-state index >= 15 is 0 Å². The van der Waals surface area contributed by atoms with Crippen molar-refractivity contribution < 1.29 is 0 Å². The number of nitrogens with zero attached hydrogens (tertiary/aromatic N) is 1. The van der Waals surface area contributed by atoms with E-state index in [1.165, 1.54) is 22.6 Å². The maximum absolute atomic E-state index is 4.76. The lowest BCUT2D eigenvalue weighted by Gasteiger charge is -1.96. The summed E-state index contributed by atoms with van der Waals surface area (Å²) in [7, 11) is 0. The summed E-state index contributed by atoms with van der Waals surface area (Å²) >= 11 is 1.83. The van der Waals surface area contributed by atoms with Crippen molar-refractivity contribution in [3.63, 3.8) is 0 Å². The first-order chi connectivity index (χ1) is 7.93. The first-order valence-corrected chi connectivity index (χ1v) is 6.50. The predicted molar refractivity (Wildman–Crippen MR) is 67.6 cm³/mol. The highest BCUT2D eigenvalue weighted by Gasteiger charge is 2.14. The highest BCUT2D eigenvalue weighted by atomic mass is 32.1. The van der Waals surface area contributed by atoms with Gasteiger partial charge in [0.25, 0.3) is 0 Å². The van der Waals surface area contributed by atoms with Crippen molar-refractivity contribution in [1.82, 2.24) is 10.3 Å². The molecule has 0 aliphatic carbocycles. The number of thiazole rings is 1. The Bertz CT molecular complexity index is 452. The van der Waals surface area contributed by atoms with Crippen LogP contribution in [0.1, 0.15) is 17.0 Å². The van der Waals surface area contributed by atoms with Crippen molar-refractivity contribution in [3.8, 4) is 10.6 Å². The van der Waals surface area contributed by atoms with Gasteiger partial charge in [0, 0.05) is 17.0 Å². The molecule has 0 saturated carbocycles. The molecule has 2 nitrogen and oxygen atoms in total. The van der Waals surface area contributed by atoms with Crippen LogP contribution in [0.4, 0.5) is 0 Å². The van der Waals surface area contributed by atoms with Gasteiger partial charge in [-0.05, 0) is 19.4 Å². The minimum absolute atomic E-state index is 0.986. The number of fused-ring (bicyclic) bond motifs is 1. The van der Waals surface area contributed by atoms with Crippen molar-refractivity contribution in [3.05, 3.63) is 40.9 Å². The Balaban J connectivity index is 1.98. The van der Waals surface area contributed by atoms with Gasteiger partial charge < -0.3 is 5.32 Å². The monoisotopic (exact) mass is 230 g/mol. The van der Waals surface area contributed by atoms with Gasteiger partial charge in [0.15, 0.2) is 0 Å². The molecule has 3 rings (SSSR count). The molecule has 1 N–H and O–H groups in total. The van der Waals surface area contributed by atoms with Crippen LogP contribution in [0.2, 0.25) is 0 Å². The lowest BCUT2D eigenvalue weighted by molar-refractivity contribution is 0.682. The Morgan fingerprint density at radius 3 is 2.94 bits per heavy atom. The zero-order valence-corrected chi connectivity index (χ0v) is 9.89. The Labute approximate surface area is 99.4 Å². The molecule has 0 bridgehead atoms. The van der Waals surface area contributed by atoms with Crippen LogP contribution in [0.15, 0.2) is 30.3 Å². The summed E-state index contributed by atoms with van der Waals surface area (Å²) in [6.07, 6.45) is 2.32. The van der Waals surface area contributed by atoms with Crippen LogP contribution in [-0.4, -0.2) is 11.5 Å². The first kappa shape index (κ1) is 10.00. The average molecular weight is 230 g/mol. The van der Waals surface area contributed by atoms with E-state index in [1.807, 2.05) is 17.4 Å². The van der Waals surface area contributed by atoms with Gasteiger partial charge in [-0.2, -0.15) is 0 Å². The number of aromatic nitrogens is 1. The van der Waals surface area contributed by atoms with Crippen LogP contribution < -0.4 is 5.32 Å². The minimum atomic E-state index is 0.986. The summed E-state index contributed by atoms with van der Waals surface area (Å²) in [6.45, 7) is 2.10. The summed E-state index contributed by atoms with van der Waals surface area (Å²) in [5, 5.41) is 4.60. The lowest BCUT2D eigenvalue weighted by Crippen LogP contribution is -2.11. The molecule has 82 valence electrons.